The van der Waals surface area contributed by atoms with Gasteiger partial charge in [-0.1, -0.05) is 13.0 Å². The van der Waals surface area contributed by atoms with Crippen LogP contribution in [-0.2, 0) is 23.1 Å². The third kappa shape index (κ3) is 3.74. The minimum absolute atomic E-state index is 0.262. The maximum atomic E-state index is 12.6. The van der Waals surface area contributed by atoms with Gasteiger partial charge in [-0.25, -0.2) is 13.1 Å². The number of nitrogens with one attached hydrogen (secondary N) is 2. The van der Waals surface area contributed by atoms with Crippen LogP contribution in [0.5, 0.6) is 0 Å². The van der Waals surface area contributed by atoms with Gasteiger partial charge >= 0.3 is 0 Å². The lowest BCUT2D eigenvalue weighted by molar-refractivity contribution is 0.493. The molecule has 2 N–H and O–H groups in total. The highest BCUT2D eigenvalue weighted by molar-refractivity contribution is 7.89. The molecule has 5 nitrogen and oxygen atoms in total. The molecule has 0 unspecified atom stereocenters. The Bertz CT molecular complexity index is 688. The fourth-order valence-electron chi connectivity index (χ4n) is 2.17. The summed E-state index contributed by atoms with van der Waals surface area (Å²) in [6.07, 6.45) is 0. The Kier molecular flexibility index (Phi) is 5.21. The van der Waals surface area contributed by atoms with Gasteiger partial charge in [0.25, 0.3) is 0 Å². The first kappa shape index (κ1) is 16.2. The Hall–Kier alpha value is -1.15. The van der Waals surface area contributed by atoms with Crippen molar-refractivity contribution in [1.29, 1.82) is 0 Å². The number of thiophene rings is 1. The molecule has 0 aliphatic carbocycles. The van der Waals surface area contributed by atoms with Crippen LogP contribution < -0.4 is 10.0 Å². The lowest BCUT2D eigenvalue weighted by Gasteiger charge is -2.08. The van der Waals surface area contributed by atoms with E-state index in [0.29, 0.717) is 30.2 Å². The molecule has 0 saturated carbocycles. The lowest BCUT2D eigenvalue weighted by Crippen LogP contribution is -2.25. The first-order valence-electron chi connectivity index (χ1n) is 6.77. The summed E-state index contributed by atoms with van der Waals surface area (Å²) in [5.74, 6) is 1.07. The van der Waals surface area contributed by atoms with E-state index in [4.69, 9.17) is 4.42 Å². The molecule has 0 aliphatic heterocycles. The van der Waals surface area contributed by atoms with Gasteiger partial charge in [-0.15, -0.1) is 11.3 Å². The molecule has 0 bridgehead atoms. The van der Waals surface area contributed by atoms with Gasteiger partial charge in [0.2, 0.25) is 10.0 Å². The van der Waals surface area contributed by atoms with Gasteiger partial charge in [0.15, 0.2) is 0 Å². The van der Waals surface area contributed by atoms with Gasteiger partial charge in [-0.05, 0) is 31.8 Å². The summed E-state index contributed by atoms with van der Waals surface area (Å²) in [4.78, 5) is 1.24. The lowest BCUT2D eigenvalue weighted by atomic mass is 10.2. The molecule has 0 amide bonds. The van der Waals surface area contributed by atoms with E-state index in [0.717, 1.165) is 11.4 Å². The minimum Gasteiger partial charge on any atom is -0.465 e. The summed E-state index contributed by atoms with van der Waals surface area (Å²) in [6, 6.07) is 3.80. The van der Waals surface area contributed by atoms with Crippen molar-refractivity contribution in [3.05, 3.63) is 39.5 Å². The van der Waals surface area contributed by atoms with Crippen LogP contribution in [0.15, 0.2) is 26.8 Å². The highest BCUT2D eigenvalue weighted by atomic mass is 32.2. The van der Waals surface area contributed by atoms with Crippen LogP contribution in [0.2, 0.25) is 0 Å². The maximum Gasteiger partial charge on any atom is 0.244 e. The van der Waals surface area contributed by atoms with Crippen molar-refractivity contribution in [2.45, 2.75) is 38.8 Å². The van der Waals surface area contributed by atoms with Gasteiger partial charge in [-0.3, -0.25) is 0 Å². The zero-order valence-corrected chi connectivity index (χ0v) is 14.0. The number of furan rings is 1. The van der Waals surface area contributed by atoms with Crippen molar-refractivity contribution in [3.63, 3.8) is 0 Å². The van der Waals surface area contributed by atoms with E-state index in [1.165, 1.54) is 11.3 Å². The highest BCUT2D eigenvalue weighted by Crippen LogP contribution is 2.26. The summed E-state index contributed by atoms with van der Waals surface area (Å²) in [5, 5.41) is 5.07. The summed E-state index contributed by atoms with van der Waals surface area (Å²) < 4.78 is 33.3. The molecule has 21 heavy (non-hydrogen) atoms. The Labute approximate surface area is 129 Å². The first-order valence-corrected chi connectivity index (χ1v) is 9.13. The molecule has 0 spiro atoms. The Morgan fingerprint density at radius 2 is 2.00 bits per heavy atom. The van der Waals surface area contributed by atoms with Gasteiger partial charge in [0, 0.05) is 23.5 Å². The standard InChI is InChI=1S/C14H20N2O3S2/c1-4-15-9-13-10(2)19-11(3)14(13)21(17,18)16-8-12-6-5-7-20-12/h5-7,15-16H,4,8-9H2,1-3H3. The highest BCUT2D eigenvalue weighted by Gasteiger charge is 2.26. The molecule has 7 heteroatoms. The maximum absolute atomic E-state index is 12.6. The Balaban J connectivity index is 2.26. The van der Waals surface area contributed by atoms with Crippen LogP contribution >= 0.6 is 11.3 Å². The molecule has 0 radical (unpaired) electrons. The Morgan fingerprint density at radius 3 is 2.62 bits per heavy atom. The zero-order chi connectivity index (χ0) is 15.5. The number of sulfonamides is 1. The van der Waals surface area contributed by atoms with Gasteiger partial charge in [-0.2, -0.15) is 0 Å². The summed E-state index contributed by atoms with van der Waals surface area (Å²) >= 11 is 1.52. The van der Waals surface area contributed by atoms with Crippen LogP contribution in [-0.4, -0.2) is 15.0 Å². The number of hydrogen-bond donors (Lipinski definition) is 2. The van der Waals surface area contributed by atoms with Gasteiger partial charge < -0.3 is 9.73 Å². The van der Waals surface area contributed by atoms with Crippen molar-refractivity contribution in [1.82, 2.24) is 10.0 Å². The summed E-state index contributed by atoms with van der Waals surface area (Å²) in [6.45, 7) is 7.00. The van der Waals surface area contributed by atoms with E-state index in [-0.39, 0.29) is 4.90 Å². The monoisotopic (exact) mass is 328 g/mol. The minimum atomic E-state index is -3.58. The van der Waals surface area contributed by atoms with Crippen molar-refractivity contribution < 1.29 is 12.8 Å². The molecule has 2 aromatic rings. The van der Waals surface area contributed by atoms with E-state index in [2.05, 4.69) is 10.0 Å². The summed E-state index contributed by atoms with van der Waals surface area (Å²) in [7, 11) is -3.58. The molecule has 0 fully saturated rings. The number of hydrogen-bond acceptors (Lipinski definition) is 5. The van der Waals surface area contributed by atoms with E-state index < -0.39 is 10.0 Å². The predicted molar refractivity (Wildman–Crippen MR) is 83.9 cm³/mol. The molecule has 2 heterocycles. The molecule has 0 aliphatic rings. The van der Waals surface area contributed by atoms with Crippen molar-refractivity contribution in [2.24, 2.45) is 0 Å². The van der Waals surface area contributed by atoms with Crippen LogP contribution in [0.1, 0.15) is 28.9 Å². The molecular weight excluding hydrogens is 308 g/mol. The second-order valence-corrected chi connectivity index (χ2v) is 7.44. The van der Waals surface area contributed by atoms with Crippen molar-refractivity contribution >= 4 is 21.4 Å². The third-order valence-electron chi connectivity index (χ3n) is 3.16. The predicted octanol–water partition coefficient (Wildman–Crippen LogP) is 2.55. The van der Waals surface area contributed by atoms with Crippen LogP contribution in [0.4, 0.5) is 0 Å². The van der Waals surface area contributed by atoms with Crippen molar-refractivity contribution in [2.75, 3.05) is 6.54 Å². The van der Waals surface area contributed by atoms with Crippen molar-refractivity contribution in [3.8, 4) is 0 Å². The van der Waals surface area contributed by atoms with Gasteiger partial charge in [0.1, 0.15) is 16.4 Å². The van der Waals surface area contributed by atoms with Crippen LogP contribution in [0.25, 0.3) is 0 Å². The van der Waals surface area contributed by atoms with Gasteiger partial charge in [0.05, 0.1) is 0 Å². The molecule has 116 valence electrons. The summed E-state index contributed by atoms with van der Waals surface area (Å²) in [5.41, 5.74) is 0.702. The Morgan fingerprint density at radius 1 is 1.24 bits per heavy atom. The quantitative estimate of drug-likeness (QED) is 0.819. The van der Waals surface area contributed by atoms with E-state index in [9.17, 15) is 8.42 Å². The second kappa shape index (κ2) is 6.74. The fraction of sp³-hybridized carbons (Fsp3) is 0.429. The number of rotatable bonds is 7. The second-order valence-electron chi connectivity index (χ2n) is 4.71. The third-order valence-corrected chi connectivity index (χ3v) is 5.63. The van der Waals surface area contributed by atoms with Crippen LogP contribution in [0.3, 0.4) is 0 Å². The fourth-order valence-corrected chi connectivity index (χ4v) is 4.35. The van der Waals surface area contributed by atoms with E-state index in [1.807, 2.05) is 24.4 Å². The molecule has 0 atom stereocenters. The average molecular weight is 328 g/mol. The smallest absolute Gasteiger partial charge is 0.244 e. The molecule has 0 saturated heterocycles. The average Bonchev–Trinajstić information content (AvgIpc) is 3.02. The largest absolute Gasteiger partial charge is 0.465 e. The molecule has 2 aromatic heterocycles. The molecular formula is C14H20N2O3S2. The molecule has 2 rings (SSSR count). The van der Waals surface area contributed by atoms with E-state index in [1.54, 1.807) is 13.8 Å². The first-order chi connectivity index (χ1) is 9.95. The number of aryl methyl sites for hydroxylation is 2. The topological polar surface area (TPSA) is 71.3 Å². The SMILES string of the molecule is CCNCc1c(C)oc(C)c1S(=O)(=O)NCc1cccs1. The zero-order valence-electron chi connectivity index (χ0n) is 12.4. The normalized spacial score (nSPS) is 12.0. The van der Waals surface area contributed by atoms with Crippen LogP contribution in [0, 0.1) is 13.8 Å². The molecule has 0 aromatic carbocycles. The van der Waals surface area contributed by atoms with E-state index >= 15 is 0 Å².